The summed E-state index contributed by atoms with van der Waals surface area (Å²) in [5.74, 6) is 0. The van der Waals surface area contributed by atoms with Crippen molar-refractivity contribution in [3.63, 3.8) is 0 Å². The van der Waals surface area contributed by atoms with Crippen LogP contribution < -0.4 is 0 Å². The summed E-state index contributed by atoms with van der Waals surface area (Å²) in [6, 6.07) is 48.0. The van der Waals surface area contributed by atoms with Gasteiger partial charge in [-0.1, -0.05) is 253 Å². The van der Waals surface area contributed by atoms with E-state index < -0.39 is 0 Å². The Morgan fingerprint density at radius 1 is 0.154 bits per heavy atom. The standard InChI is InChI=1S/4C6H6.4C2H6.7CH4.4H2/c4*1-2-4-6-5-3-1;4*1-2;;;;;;;;;;;/h4*1-6H;4*1-2H3;7*1H4;4*1H/i;;;;;;;;;;;;;;;4*1+1. The normalized spacial score (nSPS) is 5.54. The van der Waals surface area contributed by atoms with E-state index in [1.807, 2.05) is 201 Å². The fourth-order valence-electron chi connectivity index (χ4n) is 1.54. The second kappa shape index (κ2) is 91.8. The van der Waals surface area contributed by atoms with Gasteiger partial charge in [-0.3, -0.25) is 0 Å². The Kier molecular flexibility index (Phi) is 166. The lowest BCUT2D eigenvalue weighted by atomic mass is 10.4. The maximum atomic E-state index is 2.00. The van der Waals surface area contributed by atoms with E-state index in [-0.39, 0.29) is 57.7 Å². The van der Waals surface area contributed by atoms with Crippen molar-refractivity contribution in [1.82, 2.24) is 0 Å². The monoisotopic (exact) mass is 557 g/mol. The predicted molar refractivity (Wildman–Crippen MR) is 207 cm³/mol. The maximum absolute atomic E-state index is 2.00. The van der Waals surface area contributed by atoms with Crippen molar-refractivity contribution in [2.45, 2.75) is 107 Å². The molecule has 4 rings (SSSR count). The third-order valence-electron chi connectivity index (χ3n) is 2.67. The second-order valence-corrected chi connectivity index (χ2v) is 4.62. The van der Waals surface area contributed by atoms with E-state index in [0.29, 0.717) is 0 Å². The van der Waals surface area contributed by atoms with Gasteiger partial charge in [-0.2, -0.15) is 0 Å². The zero-order chi connectivity index (χ0) is 25.0. The molecule has 4 aromatic carbocycles. The van der Waals surface area contributed by atoms with Crippen LogP contribution in [0.1, 0.15) is 113 Å². The largest absolute Gasteiger partial charge is 0.0776 e. The van der Waals surface area contributed by atoms with Crippen LogP contribution in [0.2, 0.25) is 0 Å². The number of rotatable bonds is 0. The van der Waals surface area contributed by atoms with Crippen LogP contribution in [0, 0.1) is 0 Å². The maximum Gasteiger partial charge on any atom is 0 e. The first-order valence-corrected chi connectivity index (χ1v) is 12.0. The second-order valence-electron chi connectivity index (χ2n) is 4.62. The van der Waals surface area contributed by atoms with Crippen molar-refractivity contribution in [3.05, 3.63) is 146 Å². The molecule has 0 saturated carbocycles. The Labute approximate surface area is 258 Å². The van der Waals surface area contributed by atoms with Gasteiger partial charge in [-0.25, -0.2) is 0 Å². The van der Waals surface area contributed by atoms with Gasteiger partial charge in [-0.15, -0.1) is 0 Å². The summed E-state index contributed by atoms with van der Waals surface area (Å²) in [5, 5.41) is 0. The molecule has 0 nitrogen and oxygen atoms in total. The lowest BCUT2D eigenvalue weighted by Gasteiger charge is -1.69. The molecule has 0 fully saturated rings. The van der Waals surface area contributed by atoms with Gasteiger partial charge in [0.25, 0.3) is 0 Å². The highest BCUT2D eigenvalue weighted by atomic mass is 13.7. The van der Waals surface area contributed by atoms with Crippen LogP contribution in [-0.4, -0.2) is 0 Å². The minimum Gasteiger partial charge on any atom is -0.0776 e. The van der Waals surface area contributed by atoms with Crippen molar-refractivity contribution < 1.29 is 5.71 Å². The molecule has 0 heterocycles. The van der Waals surface area contributed by atoms with Gasteiger partial charge in [-0.05, 0) is 0 Å². The van der Waals surface area contributed by atoms with E-state index in [1.54, 1.807) is 0 Å². The summed E-state index contributed by atoms with van der Waals surface area (Å²) in [5.41, 5.74) is 0. The molecule has 39 heavy (non-hydrogen) atoms. The Morgan fingerprint density at radius 2 is 0.179 bits per heavy atom. The van der Waals surface area contributed by atoms with Crippen molar-refractivity contribution in [3.8, 4) is 0 Å². The van der Waals surface area contributed by atoms with Crippen LogP contribution >= 0.6 is 0 Å². The molecule has 0 aromatic heterocycles. The zero-order valence-electron chi connectivity index (χ0n) is 21.9. The van der Waals surface area contributed by atoms with Gasteiger partial charge in [0.15, 0.2) is 0 Å². The average molecular weight is 557 g/mol. The number of hydrogen-bond donors (Lipinski definition) is 0. The van der Waals surface area contributed by atoms with E-state index in [0.717, 1.165) is 0 Å². The summed E-state index contributed by atoms with van der Waals surface area (Å²) in [6.45, 7) is 16.0. The first-order chi connectivity index (χ1) is 16.0. The van der Waals surface area contributed by atoms with Crippen LogP contribution in [-0.2, 0) is 0 Å². The minimum absolute atomic E-state index is 0. The molecule has 0 N–H and O–H groups in total. The van der Waals surface area contributed by atoms with Crippen molar-refractivity contribution in [2.75, 3.05) is 0 Å². The van der Waals surface area contributed by atoms with Gasteiger partial charge in [0, 0.05) is 5.71 Å². The molecule has 0 spiro atoms. The van der Waals surface area contributed by atoms with Crippen LogP contribution in [0.15, 0.2) is 146 Å². The molecule has 0 unspecified atom stereocenters. The molecule has 240 valence electrons. The summed E-state index contributed by atoms with van der Waals surface area (Å²) < 4.78 is 0. The highest BCUT2D eigenvalue weighted by Crippen LogP contribution is 1.81. The molecule has 0 aliphatic heterocycles. The topological polar surface area (TPSA) is 0 Å². The first-order valence-electron chi connectivity index (χ1n) is 12.0. The van der Waals surface area contributed by atoms with E-state index in [4.69, 9.17) is 0 Å². The molecule has 0 bridgehead atoms. The molecule has 0 heteroatoms. The lowest BCUT2D eigenvalue weighted by molar-refractivity contribution is 1.50. The predicted octanol–water partition coefficient (Wildman–Crippen LogP) is 16.3. The van der Waals surface area contributed by atoms with Gasteiger partial charge in [0.2, 0.25) is 0 Å². The third kappa shape index (κ3) is 86.5. The van der Waals surface area contributed by atoms with Crippen LogP contribution in [0.25, 0.3) is 0 Å². The quantitative estimate of drug-likeness (QED) is 0.202. The van der Waals surface area contributed by atoms with Crippen molar-refractivity contribution in [2.24, 2.45) is 0 Å². The van der Waals surface area contributed by atoms with E-state index in [1.165, 1.54) is 0 Å². The number of hydrogen-bond acceptors (Lipinski definition) is 0. The number of benzene rings is 4. The molecule has 0 atom stereocenters. The Morgan fingerprint density at radius 3 is 0.205 bits per heavy atom. The van der Waals surface area contributed by atoms with E-state index >= 15 is 0 Å². The Hall–Kier alpha value is -3.12. The van der Waals surface area contributed by atoms with Crippen molar-refractivity contribution in [1.29, 1.82) is 0 Å². The molecular formula is C39H84. The van der Waals surface area contributed by atoms with Crippen LogP contribution in [0.3, 0.4) is 0 Å². The summed E-state index contributed by atoms with van der Waals surface area (Å²) >= 11 is 0. The molecule has 4 aromatic rings. The SMILES string of the molecule is C.C.C.C.C.C.C.CC.CC.CC.CC.[2HH].[2HH].[2HH].[2HH].c1ccccc1.c1ccccc1.c1ccccc1.c1ccccc1. The molecule has 0 amide bonds. The van der Waals surface area contributed by atoms with Crippen molar-refractivity contribution >= 4 is 0 Å². The zero-order valence-corrected chi connectivity index (χ0v) is 21.9. The molecular weight excluding hydrogens is 468 g/mol. The van der Waals surface area contributed by atoms with E-state index in [2.05, 4.69) is 0 Å². The third-order valence-corrected chi connectivity index (χ3v) is 2.67. The Balaban J connectivity index is -0.0000000161. The fraction of sp³-hybridized carbons (Fsp3) is 0.385. The lowest BCUT2D eigenvalue weighted by Crippen LogP contribution is -1.47. The smallest absolute Gasteiger partial charge is 0 e. The summed E-state index contributed by atoms with van der Waals surface area (Å²) in [6.07, 6.45) is 0. The van der Waals surface area contributed by atoms with Gasteiger partial charge in [0.1, 0.15) is 0 Å². The van der Waals surface area contributed by atoms with Gasteiger partial charge < -0.3 is 0 Å². The van der Waals surface area contributed by atoms with Crippen LogP contribution in [0.4, 0.5) is 0 Å². The van der Waals surface area contributed by atoms with Gasteiger partial charge in [0.05, 0.1) is 0 Å². The average Bonchev–Trinajstić information content (AvgIpc) is 2.98. The highest BCUT2D eigenvalue weighted by Gasteiger charge is 1.59. The Bertz CT molecular complexity index is 433. The van der Waals surface area contributed by atoms with Crippen LogP contribution in [0.5, 0.6) is 0 Å². The molecule has 0 radical (unpaired) electrons. The summed E-state index contributed by atoms with van der Waals surface area (Å²) in [7, 11) is 0. The minimum atomic E-state index is 0. The van der Waals surface area contributed by atoms with E-state index in [9.17, 15) is 0 Å². The highest BCUT2D eigenvalue weighted by molar-refractivity contribution is 5.00. The molecule has 0 aliphatic carbocycles. The van der Waals surface area contributed by atoms with Gasteiger partial charge >= 0.3 is 0 Å². The summed E-state index contributed by atoms with van der Waals surface area (Å²) in [4.78, 5) is 0. The first kappa shape index (κ1) is 70.5. The fourth-order valence-corrected chi connectivity index (χ4v) is 1.54. The molecule has 0 saturated heterocycles. The molecule has 0 aliphatic rings.